The normalized spacial score (nSPS) is 24.4. The first-order chi connectivity index (χ1) is 23.6. The zero-order valence-electron chi connectivity index (χ0n) is 27.0. The minimum Gasteiger partial charge on any atom is -0.368 e. The summed E-state index contributed by atoms with van der Waals surface area (Å²) in [7, 11) is 0. The van der Waals surface area contributed by atoms with Crippen molar-refractivity contribution in [3.8, 4) is 22.3 Å². The van der Waals surface area contributed by atoms with Gasteiger partial charge in [-0.2, -0.15) is 0 Å². The first-order valence-corrected chi connectivity index (χ1v) is 17.5. The number of fused-ring (bicyclic) bond motifs is 2. The number of nitrogens with zero attached hydrogens (tertiary/aromatic N) is 4. The quantitative estimate of drug-likeness (QED) is 0.219. The van der Waals surface area contributed by atoms with Crippen LogP contribution in [0.2, 0.25) is 0 Å². The average molecular weight is 645 g/mol. The maximum absolute atomic E-state index is 13.1. The van der Waals surface area contributed by atoms with Gasteiger partial charge in [-0.1, -0.05) is 36.4 Å². The molecule has 0 spiro atoms. The van der Waals surface area contributed by atoms with Crippen molar-refractivity contribution in [1.29, 1.82) is 0 Å². The number of ether oxygens (including phenoxy) is 2. The van der Waals surface area contributed by atoms with Crippen LogP contribution in [0, 0.1) is 0 Å². The van der Waals surface area contributed by atoms with E-state index in [0.29, 0.717) is 13.2 Å². The smallest absolute Gasteiger partial charge is 0.252 e. The lowest BCUT2D eigenvalue weighted by Gasteiger charge is -2.25. The molecule has 10 heteroatoms. The Morgan fingerprint density at radius 2 is 1.02 bits per heavy atom. The number of carbonyl (C=O) groups excluding carboxylic acids is 2. The van der Waals surface area contributed by atoms with E-state index >= 15 is 0 Å². The van der Waals surface area contributed by atoms with Crippen molar-refractivity contribution in [3.63, 3.8) is 0 Å². The van der Waals surface area contributed by atoms with E-state index in [0.717, 1.165) is 120 Å². The predicted molar refractivity (Wildman–Crippen MR) is 182 cm³/mol. The monoisotopic (exact) mass is 644 g/mol. The van der Waals surface area contributed by atoms with Crippen molar-refractivity contribution >= 4 is 33.9 Å². The molecule has 4 aliphatic rings. The molecule has 2 amide bonds. The summed E-state index contributed by atoms with van der Waals surface area (Å²) in [5.74, 6) is 1.92. The predicted octanol–water partition coefficient (Wildman–Crippen LogP) is 6.46. The first-order valence-electron chi connectivity index (χ1n) is 17.5. The van der Waals surface area contributed by atoms with Crippen LogP contribution >= 0.6 is 0 Å². The van der Waals surface area contributed by atoms with Gasteiger partial charge in [0.25, 0.3) is 11.8 Å². The number of H-pyrrole nitrogens is 2. The number of amides is 2. The van der Waals surface area contributed by atoms with Crippen molar-refractivity contribution in [1.82, 2.24) is 29.7 Å². The highest BCUT2D eigenvalue weighted by atomic mass is 16.5. The van der Waals surface area contributed by atoms with Gasteiger partial charge in [0.2, 0.25) is 0 Å². The largest absolute Gasteiger partial charge is 0.368 e. The molecule has 3 aromatic carbocycles. The van der Waals surface area contributed by atoms with E-state index in [4.69, 9.17) is 19.4 Å². The molecule has 4 saturated heterocycles. The summed E-state index contributed by atoms with van der Waals surface area (Å²) in [4.78, 5) is 47.1. The van der Waals surface area contributed by atoms with E-state index in [9.17, 15) is 9.59 Å². The van der Waals surface area contributed by atoms with Crippen molar-refractivity contribution in [3.05, 3.63) is 72.3 Å². The number of rotatable bonds is 6. The molecule has 2 aromatic heterocycles. The zero-order valence-corrected chi connectivity index (χ0v) is 27.0. The molecule has 2 N–H and O–H groups in total. The van der Waals surface area contributed by atoms with Crippen LogP contribution in [0.1, 0.15) is 75.1 Å². The Labute approximate surface area is 278 Å². The molecule has 246 valence electrons. The average Bonchev–Trinajstić information content (AvgIpc) is 3.97. The Morgan fingerprint density at radius 3 is 1.44 bits per heavy atom. The topological polar surface area (TPSA) is 116 Å². The van der Waals surface area contributed by atoms with Crippen molar-refractivity contribution in [2.24, 2.45) is 0 Å². The van der Waals surface area contributed by atoms with Gasteiger partial charge >= 0.3 is 0 Å². The highest BCUT2D eigenvalue weighted by Crippen LogP contribution is 2.36. The Balaban J connectivity index is 0.923. The van der Waals surface area contributed by atoms with Crippen molar-refractivity contribution in [2.45, 2.75) is 75.7 Å². The molecule has 0 bridgehead atoms. The number of aromatic amines is 2. The van der Waals surface area contributed by atoms with E-state index in [1.54, 1.807) is 0 Å². The van der Waals surface area contributed by atoms with Gasteiger partial charge in [0, 0.05) is 26.3 Å². The molecule has 1 unspecified atom stereocenters. The van der Waals surface area contributed by atoms with Crippen LogP contribution < -0.4 is 0 Å². The van der Waals surface area contributed by atoms with E-state index in [1.165, 1.54) is 0 Å². The van der Waals surface area contributed by atoms with Gasteiger partial charge in [0.15, 0.2) is 0 Å². The van der Waals surface area contributed by atoms with Crippen molar-refractivity contribution < 1.29 is 19.1 Å². The Bertz CT molecular complexity index is 1840. The summed E-state index contributed by atoms with van der Waals surface area (Å²) in [6, 6.07) is 21.2. The number of hydrogen-bond acceptors (Lipinski definition) is 6. The third-order valence-electron chi connectivity index (χ3n) is 10.7. The molecule has 48 heavy (non-hydrogen) atoms. The summed E-state index contributed by atoms with van der Waals surface area (Å²) in [6.45, 7) is 2.85. The number of aromatic nitrogens is 4. The molecule has 9 rings (SSSR count). The molecule has 0 aliphatic carbocycles. The lowest BCUT2D eigenvalue weighted by atomic mass is 10.00. The Hall–Kier alpha value is -4.54. The summed E-state index contributed by atoms with van der Waals surface area (Å²) >= 11 is 0. The van der Waals surface area contributed by atoms with Crippen LogP contribution in [-0.4, -0.2) is 80.1 Å². The number of benzene rings is 3. The number of likely N-dealkylation sites (tertiary alicyclic amines) is 2. The second-order valence-electron chi connectivity index (χ2n) is 13.7. The highest BCUT2D eigenvalue weighted by Gasteiger charge is 2.38. The van der Waals surface area contributed by atoms with Crippen LogP contribution in [0.3, 0.4) is 0 Å². The third kappa shape index (κ3) is 5.27. The van der Waals surface area contributed by atoms with Gasteiger partial charge in [-0.05, 0) is 97.9 Å². The molecule has 4 atom stereocenters. The molecule has 0 saturated carbocycles. The van der Waals surface area contributed by atoms with Crippen molar-refractivity contribution in [2.75, 3.05) is 26.3 Å². The molecular weight excluding hydrogens is 604 g/mol. The number of hydrogen-bond donors (Lipinski definition) is 2. The summed E-state index contributed by atoms with van der Waals surface area (Å²) in [6.07, 6.45) is 6.67. The fourth-order valence-electron chi connectivity index (χ4n) is 8.13. The van der Waals surface area contributed by atoms with Gasteiger partial charge in [0.1, 0.15) is 23.9 Å². The number of imidazole rings is 2. The van der Waals surface area contributed by atoms with E-state index in [-0.39, 0.29) is 36.1 Å². The molecular formula is C38H40N6O4. The van der Waals surface area contributed by atoms with E-state index < -0.39 is 0 Å². The maximum atomic E-state index is 13.1. The fraction of sp³-hybridized carbons (Fsp3) is 0.421. The molecule has 6 heterocycles. The minimum atomic E-state index is -0.305. The lowest BCUT2D eigenvalue weighted by Crippen LogP contribution is -2.38. The molecule has 4 aliphatic heterocycles. The standard InChI is InChI=1S/C38H40N6O4/c45-37(33-7-3-19-47-33)43-17-1-5-31(43)35-39-27-15-13-25(21-29(27)41-35)23-9-11-24(12-10-23)26-14-16-28-30(22-26)42-36(40-28)32-6-2-18-44(32)38(46)34-8-4-20-48-34/h9-16,21-22,31-34H,1-8,17-20H2,(H,39,41)(H,40,42)/t31-,32?,33+,34-/m0/s1. The van der Waals surface area contributed by atoms with Crippen LogP contribution in [0.25, 0.3) is 44.3 Å². The third-order valence-corrected chi connectivity index (χ3v) is 10.7. The maximum Gasteiger partial charge on any atom is 0.252 e. The van der Waals surface area contributed by atoms with Gasteiger partial charge in [-0.3, -0.25) is 9.59 Å². The Morgan fingerprint density at radius 1 is 0.583 bits per heavy atom. The fourth-order valence-corrected chi connectivity index (χ4v) is 8.13. The second kappa shape index (κ2) is 12.2. The van der Waals surface area contributed by atoms with E-state index in [1.807, 2.05) is 9.80 Å². The number of nitrogens with one attached hydrogen (secondary N) is 2. The second-order valence-corrected chi connectivity index (χ2v) is 13.7. The molecule has 10 nitrogen and oxygen atoms in total. The Kier molecular flexibility index (Phi) is 7.50. The van der Waals surface area contributed by atoms with E-state index in [2.05, 4.69) is 70.6 Å². The van der Waals surface area contributed by atoms with Gasteiger partial charge in [-0.15, -0.1) is 0 Å². The van der Waals surface area contributed by atoms with Crippen LogP contribution in [0.5, 0.6) is 0 Å². The van der Waals surface area contributed by atoms with Gasteiger partial charge in [-0.25, -0.2) is 9.97 Å². The van der Waals surface area contributed by atoms with Crippen LogP contribution in [0.4, 0.5) is 0 Å². The zero-order chi connectivity index (χ0) is 32.2. The van der Waals surface area contributed by atoms with Crippen LogP contribution in [-0.2, 0) is 19.1 Å². The lowest BCUT2D eigenvalue weighted by molar-refractivity contribution is -0.142. The van der Waals surface area contributed by atoms with Crippen LogP contribution in [0.15, 0.2) is 60.7 Å². The number of carbonyl (C=O) groups is 2. The van der Waals surface area contributed by atoms with Gasteiger partial charge < -0.3 is 29.2 Å². The molecule has 5 aromatic rings. The molecule has 0 radical (unpaired) electrons. The minimum absolute atomic E-state index is 0.0359. The SMILES string of the molecule is O=C([C@@H]1CCCO1)N1CCCC1c1nc2ccc(-c3ccc(-c4ccc5nc([C@@H]6CCCN6C(=O)[C@H]6CCCO6)[nH]c5c4)cc3)cc2[nH]1. The highest BCUT2D eigenvalue weighted by molar-refractivity contribution is 5.86. The molecule has 4 fully saturated rings. The first kappa shape index (κ1) is 29.6. The summed E-state index contributed by atoms with van der Waals surface area (Å²) in [5, 5.41) is 0. The van der Waals surface area contributed by atoms with Gasteiger partial charge in [0.05, 0.1) is 34.2 Å². The summed E-state index contributed by atoms with van der Waals surface area (Å²) < 4.78 is 11.4. The summed E-state index contributed by atoms with van der Waals surface area (Å²) in [5.41, 5.74) is 8.22.